The van der Waals surface area contributed by atoms with Gasteiger partial charge in [0.2, 0.25) is 0 Å². The van der Waals surface area contributed by atoms with Crippen molar-refractivity contribution in [3.8, 4) is 17.0 Å². The quantitative estimate of drug-likeness (QED) is 0.747. The topological polar surface area (TPSA) is 50.4 Å². The number of phenols is 1. The van der Waals surface area contributed by atoms with E-state index in [1.165, 1.54) is 30.5 Å². The predicted molar refractivity (Wildman–Crippen MR) is 85.6 cm³/mol. The summed E-state index contributed by atoms with van der Waals surface area (Å²) in [5, 5.41) is 14.2. The maximum Gasteiger partial charge on any atom is 0.164 e. The summed E-state index contributed by atoms with van der Waals surface area (Å²) in [5.41, 5.74) is 3.35. The highest BCUT2D eigenvalue weighted by Crippen LogP contribution is 2.36. The van der Waals surface area contributed by atoms with Gasteiger partial charge >= 0.3 is 0 Å². The number of pyridine rings is 1. The standard InChI is InChI=1S/C18H16FN3O/c1-11(12-5-6-12)9-17-20-18-4-2-3-15(22(18)21-17)13-7-8-14(19)16(23)10-13/h2-4,7-8,10,12,23H,1,5-6,9H2. The molecule has 0 saturated heterocycles. The molecule has 0 atom stereocenters. The van der Waals surface area contributed by atoms with Crippen molar-refractivity contribution in [3.63, 3.8) is 0 Å². The molecule has 23 heavy (non-hydrogen) atoms. The number of halogens is 1. The molecule has 4 rings (SSSR count). The van der Waals surface area contributed by atoms with Gasteiger partial charge in [0.05, 0.1) is 5.69 Å². The monoisotopic (exact) mass is 309 g/mol. The number of allylic oxidation sites excluding steroid dienone is 1. The van der Waals surface area contributed by atoms with Crippen LogP contribution < -0.4 is 0 Å². The molecular weight excluding hydrogens is 293 g/mol. The molecule has 1 aromatic carbocycles. The van der Waals surface area contributed by atoms with Crippen LogP contribution in [0.4, 0.5) is 4.39 Å². The van der Waals surface area contributed by atoms with E-state index in [0.29, 0.717) is 17.9 Å². The lowest BCUT2D eigenvalue weighted by Gasteiger charge is -2.05. The van der Waals surface area contributed by atoms with Crippen LogP contribution in [0.5, 0.6) is 5.75 Å². The number of phenolic OH excluding ortho intramolecular Hbond substituents is 1. The fourth-order valence-corrected chi connectivity index (χ4v) is 2.75. The minimum Gasteiger partial charge on any atom is -0.505 e. The van der Waals surface area contributed by atoms with Crippen LogP contribution in [0.1, 0.15) is 18.7 Å². The third kappa shape index (κ3) is 2.59. The van der Waals surface area contributed by atoms with Crippen molar-refractivity contribution in [1.29, 1.82) is 0 Å². The van der Waals surface area contributed by atoms with Gasteiger partial charge in [-0.3, -0.25) is 0 Å². The molecule has 0 bridgehead atoms. The van der Waals surface area contributed by atoms with Crippen molar-refractivity contribution >= 4 is 5.65 Å². The lowest BCUT2D eigenvalue weighted by molar-refractivity contribution is 0.432. The van der Waals surface area contributed by atoms with Gasteiger partial charge in [-0.25, -0.2) is 13.9 Å². The molecule has 116 valence electrons. The Morgan fingerprint density at radius 2 is 2.13 bits per heavy atom. The third-order valence-electron chi connectivity index (χ3n) is 4.19. The molecule has 0 amide bonds. The van der Waals surface area contributed by atoms with E-state index in [-0.39, 0.29) is 5.75 Å². The highest BCUT2D eigenvalue weighted by molar-refractivity contribution is 5.64. The Bertz CT molecular complexity index is 912. The van der Waals surface area contributed by atoms with Crippen LogP contribution in [-0.2, 0) is 6.42 Å². The Hall–Kier alpha value is -2.69. The van der Waals surface area contributed by atoms with Gasteiger partial charge in [0.15, 0.2) is 23.0 Å². The molecule has 0 radical (unpaired) electrons. The van der Waals surface area contributed by atoms with Gasteiger partial charge in [0, 0.05) is 12.0 Å². The van der Waals surface area contributed by atoms with Crippen LogP contribution in [0.25, 0.3) is 16.9 Å². The molecule has 1 fully saturated rings. The lowest BCUT2D eigenvalue weighted by atomic mass is 10.1. The summed E-state index contributed by atoms with van der Waals surface area (Å²) in [6, 6.07) is 9.88. The van der Waals surface area contributed by atoms with E-state index in [0.717, 1.165) is 17.2 Å². The van der Waals surface area contributed by atoms with E-state index in [1.807, 2.05) is 18.2 Å². The van der Waals surface area contributed by atoms with E-state index in [4.69, 9.17) is 0 Å². The summed E-state index contributed by atoms with van der Waals surface area (Å²) in [5.74, 6) is 0.346. The fourth-order valence-electron chi connectivity index (χ4n) is 2.75. The zero-order valence-electron chi connectivity index (χ0n) is 12.5. The molecule has 1 N–H and O–H groups in total. The largest absolute Gasteiger partial charge is 0.505 e. The molecule has 0 spiro atoms. The Kier molecular flexibility index (Phi) is 3.15. The first-order valence-corrected chi connectivity index (χ1v) is 7.63. The van der Waals surface area contributed by atoms with E-state index in [1.54, 1.807) is 10.6 Å². The molecule has 1 aliphatic rings. The molecule has 5 heteroatoms. The Labute approximate surface area is 132 Å². The summed E-state index contributed by atoms with van der Waals surface area (Å²) >= 11 is 0. The minimum atomic E-state index is -0.638. The molecule has 0 unspecified atom stereocenters. The van der Waals surface area contributed by atoms with Crippen LogP contribution in [0.3, 0.4) is 0 Å². The first-order valence-electron chi connectivity index (χ1n) is 7.63. The number of nitrogens with zero attached hydrogens (tertiary/aromatic N) is 3. The fraction of sp³-hybridized carbons (Fsp3) is 0.222. The zero-order valence-corrected chi connectivity index (χ0v) is 12.5. The number of hydrogen-bond donors (Lipinski definition) is 1. The second kappa shape index (κ2) is 5.19. The molecule has 0 aliphatic heterocycles. The van der Waals surface area contributed by atoms with Crippen LogP contribution in [-0.4, -0.2) is 19.7 Å². The summed E-state index contributed by atoms with van der Waals surface area (Å²) in [6.45, 7) is 4.12. The van der Waals surface area contributed by atoms with Gasteiger partial charge < -0.3 is 5.11 Å². The first-order chi connectivity index (χ1) is 11.1. The normalized spacial score (nSPS) is 14.3. The number of benzene rings is 1. The van der Waals surface area contributed by atoms with Crippen LogP contribution in [0, 0.1) is 11.7 Å². The maximum absolute atomic E-state index is 13.3. The third-order valence-corrected chi connectivity index (χ3v) is 4.19. The minimum absolute atomic E-state index is 0.373. The molecular formula is C18H16FN3O. The van der Waals surface area contributed by atoms with Crippen molar-refractivity contribution in [3.05, 3.63) is 60.2 Å². The summed E-state index contributed by atoms with van der Waals surface area (Å²) in [6.07, 6.45) is 3.11. The van der Waals surface area contributed by atoms with Gasteiger partial charge in [-0.05, 0) is 49.1 Å². The molecule has 1 saturated carbocycles. The summed E-state index contributed by atoms with van der Waals surface area (Å²) in [7, 11) is 0. The van der Waals surface area contributed by atoms with Crippen molar-refractivity contribution < 1.29 is 9.50 Å². The molecule has 2 heterocycles. The predicted octanol–water partition coefficient (Wildman–Crippen LogP) is 3.75. The van der Waals surface area contributed by atoms with Crippen LogP contribution >= 0.6 is 0 Å². The molecule has 1 aliphatic carbocycles. The molecule has 4 nitrogen and oxygen atoms in total. The highest BCUT2D eigenvalue weighted by Gasteiger charge is 2.25. The second-order valence-corrected chi connectivity index (χ2v) is 5.98. The van der Waals surface area contributed by atoms with Gasteiger partial charge in [-0.15, -0.1) is 0 Å². The Morgan fingerprint density at radius 3 is 2.87 bits per heavy atom. The molecule has 2 aromatic heterocycles. The first kappa shape index (κ1) is 13.9. The smallest absolute Gasteiger partial charge is 0.164 e. The lowest BCUT2D eigenvalue weighted by Crippen LogP contribution is -1.96. The Morgan fingerprint density at radius 1 is 1.30 bits per heavy atom. The van der Waals surface area contributed by atoms with Crippen molar-refractivity contribution in [2.45, 2.75) is 19.3 Å². The number of hydrogen-bond acceptors (Lipinski definition) is 3. The number of rotatable bonds is 4. The van der Waals surface area contributed by atoms with Gasteiger partial charge in [-0.1, -0.05) is 18.2 Å². The van der Waals surface area contributed by atoms with Crippen LogP contribution in [0.2, 0.25) is 0 Å². The number of fused-ring (bicyclic) bond motifs is 1. The SMILES string of the molecule is C=C(Cc1nc2cccc(-c3ccc(F)c(O)c3)n2n1)C1CC1. The van der Waals surface area contributed by atoms with Crippen molar-refractivity contribution in [2.24, 2.45) is 5.92 Å². The van der Waals surface area contributed by atoms with E-state index < -0.39 is 5.82 Å². The van der Waals surface area contributed by atoms with E-state index in [2.05, 4.69) is 16.7 Å². The zero-order chi connectivity index (χ0) is 16.0. The van der Waals surface area contributed by atoms with E-state index in [9.17, 15) is 9.50 Å². The Balaban J connectivity index is 1.75. The number of aromatic hydroxyl groups is 1. The van der Waals surface area contributed by atoms with Crippen LogP contribution in [0.15, 0.2) is 48.6 Å². The van der Waals surface area contributed by atoms with Gasteiger partial charge in [-0.2, -0.15) is 5.10 Å². The average Bonchev–Trinajstić information content (AvgIpc) is 3.30. The summed E-state index contributed by atoms with van der Waals surface area (Å²) in [4.78, 5) is 4.54. The second-order valence-electron chi connectivity index (χ2n) is 5.98. The van der Waals surface area contributed by atoms with Crippen molar-refractivity contribution in [2.75, 3.05) is 0 Å². The highest BCUT2D eigenvalue weighted by atomic mass is 19.1. The van der Waals surface area contributed by atoms with E-state index >= 15 is 0 Å². The average molecular weight is 309 g/mol. The van der Waals surface area contributed by atoms with Gasteiger partial charge in [0.1, 0.15) is 0 Å². The number of aromatic nitrogens is 3. The van der Waals surface area contributed by atoms with Gasteiger partial charge in [0.25, 0.3) is 0 Å². The van der Waals surface area contributed by atoms with Crippen molar-refractivity contribution in [1.82, 2.24) is 14.6 Å². The maximum atomic E-state index is 13.3. The summed E-state index contributed by atoms with van der Waals surface area (Å²) < 4.78 is 15.0. The molecule has 3 aromatic rings.